The Morgan fingerprint density at radius 1 is 1.11 bits per heavy atom. The second kappa shape index (κ2) is 5.87. The highest BCUT2D eigenvalue weighted by molar-refractivity contribution is 6.32. The van der Waals surface area contributed by atoms with Crippen molar-refractivity contribution in [2.75, 3.05) is 0 Å². The monoisotopic (exact) mass is 263 g/mol. The van der Waals surface area contributed by atoms with Crippen LogP contribution >= 0.6 is 11.6 Å². The van der Waals surface area contributed by atoms with E-state index < -0.39 is 0 Å². The normalized spacial score (nSPS) is 10.4. The average molecular weight is 264 g/mol. The minimum Gasteiger partial charge on any atom is -0.456 e. The zero-order valence-corrected chi connectivity index (χ0v) is 10.5. The van der Waals surface area contributed by atoms with E-state index in [4.69, 9.17) is 27.2 Å². The van der Waals surface area contributed by atoms with Gasteiger partial charge in [-0.05, 0) is 35.4 Å². The van der Waals surface area contributed by atoms with Gasteiger partial charge in [-0.3, -0.25) is 0 Å². The van der Waals surface area contributed by atoms with Gasteiger partial charge in [0, 0.05) is 6.54 Å². The van der Waals surface area contributed by atoms with E-state index in [2.05, 4.69) is 0 Å². The number of nitrogens with two attached hydrogens (primary N) is 1. The van der Waals surface area contributed by atoms with Crippen LogP contribution in [-0.2, 0) is 13.2 Å². The molecular formula is C14H14ClNO2. The first-order chi connectivity index (χ1) is 8.72. The molecule has 0 atom stereocenters. The Balaban J connectivity index is 2.22. The van der Waals surface area contributed by atoms with Gasteiger partial charge in [-0.15, -0.1) is 0 Å². The Morgan fingerprint density at radius 2 is 1.94 bits per heavy atom. The van der Waals surface area contributed by atoms with Crippen LogP contribution in [0, 0.1) is 0 Å². The molecule has 2 aromatic rings. The summed E-state index contributed by atoms with van der Waals surface area (Å²) >= 11 is 6.10. The lowest BCUT2D eigenvalue weighted by atomic mass is 10.2. The van der Waals surface area contributed by atoms with Crippen LogP contribution in [-0.4, -0.2) is 5.11 Å². The summed E-state index contributed by atoms with van der Waals surface area (Å²) in [5.41, 5.74) is 7.28. The highest BCUT2D eigenvalue weighted by Crippen LogP contribution is 2.30. The first kappa shape index (κ1) is 12.9. The summed E-state index contributed by atoms with van der Waals surface area (Å²) in [5.74, 6) is 1.22. The predicted octanol–water partition coefficient (Wildman–Crippen LogP) is 3.08. The minimum absolute atomic E-state index is 0.0168. The van der Waals surface area contributed by atoms with Crippen LogP contribution in [0.3, 0.4) is 0 Å². The molecule has 0 saturated heterocycles. The topological polar surface area (TPSA) is 55.5 Å². The number of aliphatic hydroxyl groups excluding tert-OH is 1. The van der Waals surface area contributed by atoms with Crippen LogP contribution in [0.25, 0.3) is 0 Å². The van der Waals surface area contributed by atoms with Crippen molar-refractivity contribution in [2.24, 2.45) is 5.73 Å². The van der Waals surface area contributed by atoms with E-state index in [9.17, 15) is 0 Å². The fraction of sp³-hybridized carbons (Fsp3) is 0.143. The number of aliphatic hydroxyl groups is 1. The summed E-state index contributed by atoms with van der Waals surface area (Å²) in [7, 11) is 0. The largest absolute Gasteiger partial charge is 0.456 e. The maximum absolute atomic E-state index is 9.06. The predicted molar refractivity (Wildman–Crippen MR) is 71.8 cm³/mol. The van der Waals surface area contributed by atoms with Gasteiger partial charge >= 0.3 is 0 Å². The van der Waals surface area contributed by atoms with E-state index in [0.717, 1.165) is 11.1 Å². The lowest BCUT2D eigenvalue weighted by Gasteiger charge is -2.09. The standard InChI is InChI=1S/C14H14ClNO2/c15-13-7-10(8-16)4-5-14(13)18-12-3-1-2-11(6-12)9-17/h1-7,17H,8-9,16H2. The van der Waals surface area contributed by atoms with Crippen LogP contribution < -0.4 is 10.5 Å². The number of ether oxygens (including phenoxy) is 1. The van der Waals surface area contributed by atoms with Crippen LogP contribution in [0.15, 0.2) is 42.5 Å². The quantitative estimate of drug-likeness (QED) is 0.891. The SMILES string of the molecule is NCc1ccc(Oc2cccc(CO)c2)c(Cl)c1. The molecule has 3 N–H and O–H groups in total. The average Bonchev–Trinajstić information content (AvgIpc) is 2.41. The third-order valence-corrected chi connectivity index (χ3v) is 2.84. The molecule has 0 aliphatic heterocycles. The highest BCUT2D eigenvalue weighted by Gasteiger charge is 2.04. The van der Waals surface area contributed by atoms with Crippen molar-refractivity contribution in [3.8, 4) is 11.5 Å². The van der Waals surface area contributed by atoms with Crippen molar-refractivity contribution in [2.45, 2.75) is 13.2 Å². The number of hydrogen-bond acceptors (Lipinski definition) is 3. The van der Waals surface area contributed by atoms with Gasteiger partial charge in [0.1, 0.15) is 11.5 Å². The van der Waals surface area contributed by atoms with E-state index in [-0.39, 0.29) is 6.61 Å². The second-order valence-corrected chi connectivity index (χ2v) is 4.28. The minimum atomic E-state index is -0.0168. The van der Waals surface area contributed by atoms with Gasteiger partial charge in [-0.2, -0.15) is 0 Å². The maximum Gasteiger partial charge on any atom is 0.146 e. The first-order valence-electron chi connectivity index (χ1n) is 5.59. The Labute approximate surface area is 111 Å². The lowest BCUT2D eigenvalue weighted by molar-refractivity contribution is 0.281. The highest BCUT2D eigenvalue weighted by atomic mass is 35.5. The van der Waals surface area contributed by atoms with Crippen molar-refractivity contribution in [3.05, 3.63) is 58.6 Å². The summed E-state index contributed by atoms with van der Waals surface area (Å²) in [6.07, 6.45) is 0. The number of halogens is 1. The molecule has 0 radical (unpaired) electrons. The summed E-state index contributed by atoms with van der Waals surface area (Å²) in [6.45, 7) is 0.428. The zero-order valence-electron chi connectivity index (χ0n) is 9.77. The molecule has 4 heteroatoms. The number of benzene rings is 2. The Kier molecular flexibility index (Phi) is 4.20. The lowest BCUT2D eigenvalue weighted by Crippen LogP contribution is -1.96. The van der Waals surface area contributed by atoms with Gasteiger partial charge in [-0.1, -0.05) is 29.8 Å². The molecule has 94 valence electrons. The van der Waals surface area contributed by atoms with Crippen molar-refractivity contribution in [1.29, 1.82) is 0 Å². The van der Waals surface area contributed by atoms with E-state index in [1.165, 1.54) is 0 Å². The van der Waals surface area contributed by atoms with Crippen LogP contribution in [0.1, 0.15) is 11.1 Å². The van der Waals surface area contributed by atoms with Crippen molar-refractivity contribution < 1.29 is 9.84 Å². The van der Waals surface area contributed by atoms with Crippen LogP contribution in [0.4, 0.5) is 0 Å². The zero-order chi connectivity index (χ0) is 13.0. The van der Waals surface area contributed by atoms with Crippen LogP contribution in [0.2, 0.25) is 5.02 Å². The molecule has 2 aromatic carbocycles. The fourth-order valence-electron chi connectivity index (χ4n) is 1.59. The van der Waals surface area contributed by atoms with Gasteiger partial charge in [0.05, 0.1) is 11.6 Å². The smallest absolute Gasteiger partial charge is 0.146 e. The molecule has 0 spiro atoms. The molecule has 0 aliphatic carbocycles. The Bertz CT molecular complexity index is 543. The third kappa shape index (κ3) is 3.01. The van der Waals surface area contributed by atoms with E-state index >= 15 is 0 Å². The van der Waals surface area contributed by atoms with Gasteiger partial charge in [0.2, 0.25) is 0 Å². The summed E-state index contributed by atoms with van der Waals surface area (Å²) < 4.78 is 5.67. The fourth-order valence-corrected chi connectivity index (χ4v) is 1.83. The van der Waals surface area contributed by atoms with Crippen LogP contribution in [0.5, 0.6) is 11.5 Å². The van der Waals surface area contributed by atoms with Gasteiger partial charge in [-0.25, -0.2) is 0 Å². The maximum atomic E-state index is 9.06. The first-order valence-corrected chi connectivity index (χ1v) is 5.97. The molecule has 0 heterocycles. The summed E-state index contributed by atoms with van der Waals surface area (Å²) in [5, 5.41) is 9.58. The van der Waals surface area contributed by atoms with Gasteiger partial charge < -0.3 is 15.6 Å². The van der Waals surface area contributed by atoms with Crippen molar-refractivity contribution in [1.82, 2.24) is 0 Å². The molecule has 0 unspecified atom stereocenters. The van der Waals surface area contributed by atoms with Crippen molar-refractivity contribution >= 4 is 11.6 Å². The molecule has 18 heavy (non-hydrogen) atoms. The molecule has 0 fully saturated rings. The summed E-state index contributed by atoms with van der Waals surface area (Å²) in [6, 6.07) is 12.7. The van der Waals surface area contributed by atoms with E-state index in [1.807, 2.05) is 24.3 Å². The molecule has 0 saturated carbocycles. The second-order valence-electron chi connectivity index (χ2n) is 3.88. The molecule has 0 amide bonds. The van der Waals surface area contributed by atoms with E-state index in [1.54, 1.807) is 18.2 Å². The molecule has 0 aromatic heterocycles. The van der Waals surface area contributed by atoms with E-state index in [0.29, 0.717) is 23.1 Å². The Morgan fingerprint density at radius 3 is 2.61 bits per heavy atom. The third-order valence-electron chi connectivity index (χ3n) is 2.54. The van der Waals surface area contributed by atoms with Crippen molar-refractivity contribution in [3.63, 3.8) is 0 Å². The van der Waals surface area contributed by atoms with Gasteiger partial charge in [0.15, 0.2) is 0 Å². The van der Waals surface area contributed by atoms with Gasteiger partial charge in [0.25, 0.3) is 0 Å². The molecular weight excluding hydrogens is 250 g/mol. The Hall–Kier alpha value is -1.55. The molecule has 3 nitrogen and oxygen atoms in total. The summed E-state index contributed by atoms with van der Waals surface area (Å²) in [4.78, 5) is 0. The molecule has 0 bridgehead atoms. The molecule has 0 aliphatic rings. The number of hydrogen-bond donors (Lipinski definition) is 2. The number of rotatable bonds is 4. The molecule has 2 rings (SSSR count).